The summed E-state index contributed by atoms with van der Waals surface area (Å²) in [4.78, 5) is 11.5. The van der Waals surface area contributed by atoms with Gasteiger partial charge in [-0.15, -0.1) is 0 Å². The van der Waals surface area contributed by atoms with Gasteiger partial charge in [-0.05, 0) is 13.8 Å². The highest BCUT2D eigenvalue weighted by Crippen LogP contribution is 2.34. The number of carbonyl (C=O) groups is 1. The van der Waals surface area contributed by atoms with Gasteiger partial charge >= 0.3 is 5.97 Å². The van der Waals surface area contributed by atoms with Gasteiger partial charge in [0.1, 0.15) is 15.7 Å². The summed E-state index contributed by atoms with van der Waals surface area (Å²) in [6.07, 6.45) is -1.38. The molecule has 1 fully saturated rings. The molecule has 1 heterocycles. The Balaban J connectivity index is 2.67. The fourth-order valence-corrected chi connectivity index (χ4v) is 2.17. The minimum Gasteiger partial charge on any atom is -0.465 e. The molecule has 3 nitrogen and oxygen atoms in total. The molecule has 14 heavy (non-hydrogen) atoms. The van der Waals surface area contributed by atoms with Gasteiger partial charge in [0.25, 0.3) is 0 Å². The van der Waals surface area contributed by atoms with Gasteiger partial charge in [0, 0.05) is 6.42 Å². The predicted octanol–water partition coefficient (Wildman–Crippen LogP) is 1.87. The second kappa shape index (κ2) is 4.74. The van der Waals surface area contributed by atoms with Crippen molar-refractivity contribution in [2.75, 3.05) is 13.2 Å². The van der Waals surface area contributed by atoms with Crippen LogP contribution in [0.1, 0.15) is 20.3 Å². The molecule has 1 saturated heterocycles. The van der Waals surface area contributed by atoms with Crippen molar-refractivity contribution >= 4 is 28.6 Å². The Morgan fingerprint density at radius 2 is 2.43 bits per heavy atom. The van der Waals surface area contributed by atoms with Crippen LogP contribution in [0.4, 0.5) is 4.39 Å². The molecule has 0 amide bonds. The zero-order chi connectivity index (χ0) is 10.8. The van der Waals surface area contributed by atoms with E-state index in [-0.39, 0.29) is 0 Å². The van der Waals surface area contributed by atoms with Crippen molar-refractivity contribution in [3.05, 3.63) is 0 Å². The van der Waals surface area contributed by atoms with Crippen LogP contribution in [0.2, 0.25) is 0 Å². The first-order valence-electron chi connectivity index (χ1n) is 4.62. The summed E-state index contributed by atoms with van der Waals surface area (Å²) < 4.78 is 22.5. The van der Waals surface area contributed by atoms with Gasteiger partial charge in [-0.1, -0.05) is 22.6 Å². The lowest BCUT2D eigenvalue weighted by atomic mass is 10.0. The molecule has 1 unspecified atom stereocenters. The number of esters is 1. The van der Waals surface area contributed by atoms with E-state index in [0.29, 0.717) is 19.6 Å². The zero-order valence-electron chi connectivity index (χ0n) is 8.26. The highest BCUT2D eigenvalue weighted by Gasteiger charge is 2.48. The minimum atomic E-state index is -1.07. The summed E-state index contributed by atoms with van der Waals surface area (Å²) in [5.74, 6) is -0.407. The predicted molar refractivity (Wildman–Crippen MR) is 58.3 cm³/mol. The van der Waals surface area contributed by atoms with Crippen LogP contribution in [0.25, 0.3) is 0 Å². The zero-order valence-corrected chi connectivity index (χ0v) is 10.4. The van der Waals surface area contributed by atoms with Crippen LogP contribution in [-0.4, -0.2) is 34.9 Å². The van der Waals surface area contributed by atoms with Crippen molar-refractivity contribution in [1.82, 2.24) is 0 Å². The summed E-state index contributed by atoms with van der Waals surface area (Å²) in [5, 5.41) is 0. The number of ether oxygens (including phenoxy) is 2. The summed E-state index contributed by atoms with van der Waals surface area (Å²) in [6, 6.07) is 0. The molecule has 1 aliphatic heterocycles. The third-order valence-corrected chi connectivity index (χ3v) is 3.28. The van der Waals surface area contributed by atoms with E-state index in [4.69, 9.17) is 9.47 Å². The normalized spacial score (nSPS) is 31.1. The van der Waals surface area contributed by atoms with Crippen LogP contribution in [0.5, 0.6) is 0 Å². The van der Waals surface area contributed by atoms with E-state index in [9.17, 15) is 9.18 Å². The maximum Gasteiger partial charge on any atom is 0.324 e. The number of carbonyl (C=O) groups excluding carboxylic acids is 1. The van der Waals surface area contributed by atoms with Crippen LogP contribution < -0.4 is 0 Å². The van der Waals surface area contributed by atoms with E-state index in [1.54, 1.807) is 13.8 Å². The Bertz CT molecular complexity index is 220. The third kappa shape index (κ3) is 2.36. The fourth-order valence-electron chi connectivity index (χ4n) is 1.45. The standard InChI is InChI=1S/C9H14FIO3/c1-3-13-8(12)9(2,11)7-6(10)4-5-14-7/h6-7H,3-5H2,1-2H3/t6-,7-,9?/m1/s1. The van der Waals surface area contributed by atoms with Crippen molar-refractivity contribution in [1.29, 1.82) is 0 Å². The van der Waals surface area contributed by atoms with Crippen molar-refractivity contribution in [2.45, 2.75) is 36.0 Å². The van der Waals surface area contributed by atoms with Crippen molar-refractivity contribution < 1.29 is 18.7 Å². The van der Waals surface area contributed by atoms with Crippen LogP contribution in [0, 0.1) is 0 Å². The van der Waals surface area contributed by atoms with Gasteiger partial charge < -0.3 is 9.47 Å². The minimum absolute atomic E-state index is 0.307. The molecule has 0 aromatic heterocycles. The highest BCUT2D eigenvalue weighted by atomic mass is 127. The maximum atomic E-state index is 13.3. The van der Waals surface area contributed by atoms with Gasteiger partial charge in [0.05, 0.1) is 13.2 Å². The number of hydrogen-bond donors (Lipinski definition) is 0. The van der Waals surface area contributed by atoms with Gasteiger partial charge in [0.2, 0.25) is 0 Å². The Morgan fingerprint density at radius 3 is 2.86 bits per heavy atom. The fraction of sp³-hybridized carbons (Fsp3) is 0.889. The molecule has 3 atom stereocenters. The second-order valence-electron chi connectivity index (χ2n) is 3.39. The average molecular weight is 316 g/mol. The molecule has 5 heteroatoms. The number of rotatable bonds is 3. The molecule has 0 radical (unpaired) electrons. The van der Waals surface area contributed by atoms with Gasteiger partial charge in [-0.3, -0.25) is 4.79 Å². The molecule has 82 valence electrons. The second-order valence-corrected chi connectivity index (χ2v) is 5.63. The first-order chi connectivity index (χ1) is 6.50. The van der Waals surface area contributed by atoms with E-state index >= 15 is 0 Å². The van der Waals surface area contributed by atoms with E-state index in [2.05, 4.69) is 0 Å². The van der Waals surface area contributed by atoms with Crippen LogP contribution in [-0.2, 0) is 14.3 Å². The highest BCUT2D eigenvalue weighted by molar-refractivity contribution is 14.1. The largest absolute Gasteiger partial charge is 0.465 e. The molecule has 0 N–H and O–H groups in total. The van der Waals surface area contributed by atoms with Crippen LogP contribution >= 0.6 is 22.6 Å². The van der Waals surface area contributed by atoms with Gasteiger partial charge in [-0.2, -0.15) is 0 Å². The number of halogens is 2. The molecule has 0 aromatic carbocycles. The molecule has 0 saturated carbocycles. The summed E-state index contributed by atoms with van der Waals surface area (Å²) in [6.45, 7) is 4.06. The summed E-state index contributed by atoms with van der Waals surface area (Å²) in [5.41, 5.74) is 0. The molecule has 0 aromatic rings. The maximum absolute atomic E-state index is 13.3. The molecule has 1 aliphatic rings. The Labute approximate surface area is 96.5 Å². The number of alkyl halides is 2. The Hall–Kier alpha value is 0.0900. The van der Waals surface area contributed by atoms with Crippen molar-refractivity contribution in [2.24, 2.45) is 0 Å². The molecular formula is C9H14FIO3. The first kappa shape index (κ1) is 12.2. The average Bonchev–Trinajstić information content (AvgIpc) is 2.52. The van der Waals surface area contributed by atoms with Crippen molar-refractivity contribution in [3.63, 3.8) is 0 Å². The molecule has 0 bridgehead atoms. The van der Waals surface area contributed by atoms with E-state index < -0.39 is 21.7 Å². The van der Waals surface area contributed by atoms with Gasteiger partial charge in [-0.25, -0.2) is 4.39 Å². The molecular weight excluding hydrogens is 302 g/mol. The van der Waals surface area contributed by atoms with Crippen LogP contribution in [0.15, 0.2) is 0 Å². The van der Waals surface area contributed by atoms with E-state index in [0.717, 1.165) is 0 Å². The SMILES string of the molecule is CCOC(=O)C(C)(I)[C@@H]1OCC[C@H]1F. The monoisotopic (exact) mass is 316 g/mol. The van der Waals surface area contributed by atoms with E-state index in [1.165, 1.54) is 0 Å². The Kier molecular flexibility index (Phi) is 4.12. The molecule has 1 rings (SSSR count). The molecule has 0 aliphatic carbocycles. The quantitative estimate of drug-likeness (QED) is 0.453. The van der Waals surface area contributed by atoms with Crippen LogP contribution in [0.3, 0.4) is 0 Å². The third-order valence-electron chi connectivity index (χ3n) is 2.23. The molecule has 0 spiro atoms. The van der Waals surface area contributed by atoms with E-state index in [1.807, 2.05) is 22.6 Å². The topological polar surface area (TPSA) is 35.5 Å². The summed E-state index contributed by atoms with van der Waals surface area (Å²) in [7, 11) is 0. The Morgan fingerprint density at radius 1 is 1.79 bits per heavy atom. The lowest BCUT2D eigenvalue weighted by molar-refractivity contribution is -0.149. The lowest BCUT2D eigenvalue weighted by Crippen LogP contribution is -2.46. The summed E-state index contributed by atoms with van der Waals surface area (Å²) >= 11 is 1.90. The lowest BCUT2D eigenvalue weighted by Gasteiger charge is -2.27. The first-order valence-corrected chi connectivity index (χ1v) is 5.69. The smallest absolute Gasteiger partial charge is 0.324 e. The van der Waals surface area contributed by atoms with Crippen molar-refractivity contribution in [3.8, 4) is 0 Å². The van der Waals surface area contributed by atoms with Gasteiger partial charge in [0.15, 0.2) is 0 Å². The number of hydrogen-bond acceptors (Lipinski definition) is 3.